The molecule has 1 saturated heterocycles. The van der Waals surface area contributed by atoms with Gasteiger partial charge in [-0.15, -0.1) is 11.8 Å². The molecular formula is C33H33N3O4S2. The molecule has 216 valence electrons. The number of piperidine rings is 1. The minimum Gasteiger partial charge on any atom is -0.463 e. The number of carbonyl (C=O) groups is 1. The van der Waals surface area contributed by atoms with Gasteiger partial charge in [0.1, 0.15) is 5.76 Å². The van der Waals surface area contributed by atoms with Gasteiger partial charge in [0.25, 0.3) is 5.56 Å². The molecule has 0 saturated carbocycles. The van der Waals surface area contributed by atoms with Gasteiger partial charge in [-0.3, -0.25) is 9.36 Å². The molecule has 2 aromatic heterocycles. The number of anilines is 1. The van der Waals surface area contributed by atoms with E-state index in [0.717, 1.165) is 53.8 Å². The maximum Gasteiger partial charge on any atom is 0.338 e. The number of esters is 1. The van der Waals surface area contributed by atoms with Crippen LogP contribution in [-0.2, 0) is 9.53 Å². The Bertz CT molecular complexity index is 1790. The van der Waals surface area contributed by atoms with Crippen LogP contribution in [0.15, 0.2) is 91.4 Å². The van der Waals surface area contributed by atoms with Gasteiger partial charge in [0.2, 0.25) is 0 Å². The Morgan fingerprint density at radius 3 is 2.52 bits per heavy atom. The molecule has 2 aromatic carbocycles. The standard InChI is InChI=1S/C33H33N3O4S2/c1-4-39-32(38)28-29(22-8-6-5-7-9-22)34-33-36(30(28)23-10-13-25(41-3)14-11-23)31(37)26(42-33)20-24-12-15-27(40-24)35-18-16-21(2)17-19-35/h5-15,20-21,30H,4,16-19H2,1-3H3/b26-20+/t30-/m0/s1. The lowest BCUT2D eigenvalue weighted by Crippen LogP contribution is -2.40. The molecule has 6 rings (SSSR count). The molecular weight excluding hydrogens is 567 g/mol. The number of thiazole rings is 1. The molecule has 1 fully saturated rings. The number of hydrogen-bond donors (Lipinski definition) is 0. The fraction of sp³-hybridized carbons (Fsp3) is 0.303. The van der Waals surface area contributed by atoms with Crippen LogP contribution in [0.4, 0.5) is 5.88 Å². The highest BCUT2D eigenvalue weighted by molar-refractivity contribution is 7.98. The summed E-state index contributed by atoms with van der Waals surface area (Å²) < 4.78 is 13.8. The summed E-state index contributed by atoms with van der Waals surface area (Å²) >= 11 is 2.93. The van der Waals surface area contributed by atoms with Crippen molar-refractivity contribution in [3.05, 3.63) is 109 Å². The van der Waals surface area contributed by atoms with Crippen LogP contribution in [0.25, 0.3) is 11.8 Å². The molecule has 0 radical (unpaired) electrons. The molecule has 0 aliphatic carbocycles. The van der Waals surface area contributed by atoms with E-state index in [2.05, 4.69) is 11.8 Å². The summed E-state index contributed by atoms with van der Waals surface area (Å²) in [5, 5.41) is 0. The number of carbonyl (C=O) groups excluding carboxylic acids is 1. The van der Waals surface area contributed by atoms with Crippen molar-refractivity contribution in [3.63, 3.8) is 0 Å². The summed E-state index contributed by atoms with van der Waals surface area (Å²) in [5.74, 6) is 1.67. The molecule has 0 N–H and O–H groups in total. The van der Waals surface area contributed by atoms with Crippen LogP contribution in [0, 0.1) is 5.92 Å². The van der Waals surface area contributed by atoms with E-state index in [1.165, 1.54) is 11.3 Å². The van der Waals surface area contributed by atoms with Crippen molar-refractivity contribution >= 4 is 46.7 Å². The fourth-order valence-electron chi connectivity index (χ4n) is 5.49. The first-order chi connectivity index (χ1) is 20.5. The van der Waals surface area contributed by atoms with Crippen LogP contribution in [0.5, 0.6) is 0 Å². The van der Waals surface area contributed by atoms with Crippen LogP contribution < -0.4 is 19.8 Å². The second kappa shape index (κ2) is 12.2. The van der Waals surface area contributed by atoms with E-state index < -0.39 is 12.0 Å². The number of aromatic nitrogens is 1. The number of thioether (sulfide) groups is 1. The van der Waals surface area contributed by atoms with Crippen molar-refractivity contribution in [2.24, 2.45) is 10.9 Å². The minimum atomic E-state index is -0.698. The van der Waals surface area contributed by atoms with Gasteiger partial charge < -0.3 is 14.1 Å². The van der Waals surface area contributed by atoms with Crippen LogP contribution >= 0.6 is 23.1 Å². The molecule has 0 bridgehead atoms. The Morgan fingerprint density at radius 2 is 1.83 bits per heavy atom. The first kappa shape index (κ1) is 28.3. The van der Waals surface area contributed by atoms with Gasteiger partial charge in [-0.25, -0.2) is 9.79 Å². The van der Waals surface area contributed by atoms with Crippen LogP contribution in [0.3, 0.4) is 0 Å². The highest BCUT2D eigenvalue weighted by Gasteiger charge is 2.35. The summed E-state index contributed by atoms with van der Waals surface area (Å²) in [4.78, 5) is 36.5. The number of hydrogen-bond acceptors (Lipinski definition) is 8. The van der Waals surface area contributed by atoms with Gasteiger partial charge in [0.05, 0.1) is 28.5 Å². The number of rotatable bonds is 7. The lowest BCUT2D eigenvalue weighted by Gasteiger charge is -2.29. The van der Waals surface area contributed by atoms with Crippen molar-refractivity contribution in [2.75, 3.05) is 30.9 Å². The molecule has 7 nitrogen and oxygen atoms in total. The fourth-order valence-corrected chi connectivity index (χ4v) is 6.88. The van der Waals surface area contributed by atoms with E-state index in [1.807, 2.05) is 73.0 Å². The van der Waals surface area contributed by atoms with Crippen molar-refractivity contribution < 1.29 is 13.9 Å². The molecule has 42 heavy (non-hydrogen) atoms. The molecule has 0 unspecified atom stereocenters. The Hall–Kier alpha value is -3.82. The average Bonchev–Trinajstić information content (AvgIpc) is 3.61. The van der Waals surface area contributed by atoms with Crippen molar-refractivity contribution in [1.29, 1.82) is 0 Å². The van der Waals surface area contributed by atoms with Crippen molar-refractivity contribution in [1.82, 2.24) is 4.57 Å². The molecule has 1 atom stereocenters. The maximum atomic E-state index is 14.1. The lowest BCUT2D eigenvalue weighted by molar-refractivity contribution is -0.138. The Balaban J connectivity index is 1.51. The number of nitrogens with zero attached hydrogens (tertiary/aromatic N) is 3. The Labute approximate surface area is 252 Å². The highest BCUT2D eigenvalue weighted by Crippen LogP contribution is 2.35. The molecule has 4 heterocycles. The summed E-state index contributed by atoms with van der Waals surface area (Å²) in [5.41, 5.74) is 2.23. The number of ether oxygens (including phenoxy) is 1. The van der Waals surface area contributed by atoms with Gasteiger partial charge in [-0.1, -0.05) is 60.7 Å². The summed E-state index contributed by atoms with van der Waals surface area (Å²) in [6.45, 7) is 6.20. The van der Waals surface area contributed by atoms with Gasteiger partial charge in [-0.2, -0.15) is 0 Å². The largest absolute Gasteiger partial charge is 0.463 e. The topological polar surface area (TPSA) is 77.0 Å². The zero-order valence-electron chi connectivity index (χ0n) is 23.9. The monoisotopic (exact) mass is 599 g/mol. The first-order valence-electron chi connectivity index (χ1n) is 14.2. The van der Waals surface area contributed by atoms with E-state index in [0.29, 0.717) is 26.4 Å². The summed E-state index contributed by atoms with van der Waals surface area (Å²) in [6.07, 6.45) is 6.07. The van der Waals surface area contributed by atoms with Gasteiger partial charge in [0, 0.05) is 35.7 Å². The maximum absolute atomic E-state index is 14.1. The molecule has 9 heteroatoms. The molecule has 4 aromatic rings. The quantitative estimate of drug-likeness (QED) is 0.207. The third-order valence-electron chi connectivity index (χ3n) is 7.79. The average molecular weight is 600 g/mol. The van der Waals surface area contributed by atoms with Crippen LogP contribution in [-0.4, -0.2) is 36.5 Å². The lowest BCUT2D eigenvalue weighted by atomic mass is 9.93. The molecule has 0 amide bonds. The SMILES string of the molecule is CCOC(=O)C1=C(c2ccccc2)N=c2s/c(=C/c3ccc(N4CCC(C)CC4)o3)c(=O)n2[C@H]1c1ccc(SC)cc1. The summed E-state index contributed by atoms with van der Waals surface area (Å²) in [6, 6.07) is 20.7. The third-order valence-corrected chi connectivity index (χ3v) is 9.51. The first-order valence-corrected chi connectivity index (χ1v) is 16.3. The zero-order valence-corrected chi connectivity index (χ0v) is 25.5. The van der Waals surface area contributed by atoms with Gasteiger partial charge >= 0.3 is 5.97 Å². The second-order valence-electron chi connectivity index (χ2n) is 10.6. The van der Waals surface area contributed by atoms with E-state index in [9.17, 15) is 9.59 Å². The number of benzene rings is 2. The smallest absolute Gasteiger partial charge is 0.338 e. The van der Waals surface area contributed by atoms with Crippen LogP contribution in [0.1, 0.15) is 49.6 Å². The molecule has 2 aliphatic rings. The number of furan rings is 1. The minimum absolute atomic E-state index is 0.212. The predicted molar refractivity (Wildman–Crippen MR) is 169 cm³/mol. The Morgan fingerprint density at radius 1 is 1.10 bits per heavy atom. The van der Waals surface area contributed by atoms with E-state index in [1.54, 1.807) is 29.3 Å². The molecule has 0 spiro atoms. The van der Waals surface area contributed by atoms with E-state index in [-0.39, 0.29) is 12.2 Å². The molecule has 2 aliphatic heterocycles. The predicted octanol–water partition coefficient (Wildman–Crippen LogP) is 5.49. The Kier molecular flexibility index (Phi) is 8.22. The van der Waals surface area contributed by atoms with Crippen LogP contribution in [0.2, 0.25) is 0 Å². The van der Waals surface area contributed by atoms with Gasteiger partial charge in [-0.05, 0) is 55.7 Å². The van der Waals surface area contributed by atoms with Gasteiger partial charge in [0.15, 0.2) is 10.7 Å². The van der Waals surface area contributed by atoms with E-state index in [4.69, 9.17) is 14.1 Å². The number of fused-ring (bicyclic) bond motifs is 1. The highest BCUT2D eigenvalue weighted by atomic mass is 32.2. The third kappa shape index (κ3) is 5.51. The summed E-state index contributed by atoms with van der Waals surface area (Å²) in [7, 11) is 0. The van der Waals surface area contributed by atoms with Crippen molar-refractivity contribution in [2.45, 2.75) is 37.6 Å². The zero-order chi connectivity index (χ0) is 29.2. The second-order valence-corrected chi connectivity index (χ2v) is 12.4. The normalized spacial score (nSPS) is 17.7. The van der Waals surface area contributed by atoms with E-state index >= 15 is 0 Å². The van der Waals surface area contributed by atoms with Crippen molar-refractivity contribution in [3.8, 4) is 0 Å².